The van der Waals surface area contributed by atoms with Crippen molar-refractivity contribution in [3.63, 3.8) is 0 Å². The third-order valence-electron chi connectivity index (χ3n) is 5.72. The van der Waals surface area contributed by atoms with Crippen LogP contribution < -0.4 is 5.56 Å². The van der Waals surface area contributed by atoms with E-state index in [1.165, 1.54) is 18.4 Å². The maximum absolute atomic E-state index is 12.7. The number of rotatable bonds is 5. The average Bonchev–Trinajstić information content (AvgIpc) is 3.10. The van der Waals surface area contributed by atoms with Gasteiger partial charge in [0.25, 0.3) is 5.56 Å². The smallest absolute Gasteiger partial charge is 0.254 e. The minimum atomic E-state index is -0.0510. The molecule has 3 aromatic rings. The number of nitrogens with zero attached hydrogens (tertiary/aromatic N) is 2. The number of likely N-dealkylation sites (tertiary alicyclic amines) is 1. The second-order valence-electron chi connectivity index (χ2n) is 7.80. The minimum absolute atomic E-state index is 0.0510. The van der Waals surface area contributed by atoms with Gasteiger partial charge in [0.1, 0.15) is 5.82 Å². The summed E-state index contributed by atoms with van der Waals surface area (Å²) in [7, 11) is 0. The van der Waals surface area contributed by atoms with Gasteiger partial charge in [0.05, 0.1) is 0 Å². The Hall–Kier alpha value is -2.72. The zero-order valence-electron chi connectivity index (χ0n) is 16.6. The molecular weight excluding hydrogens is 346 g/mol. The molecule has 1 aliphatic heterocycles. The fourth-order valence-electron chi connectivity index (χ4n) is 4.03. The number of hydrogen-bond acceptors (Lipinski definition) is 3. The monoisotopic (exact) mass is 373 g/mol. The van der Waals surface area contributed by atoms with Gasteiger partial charge in [-0.1, -0.05) is 48.5 Å². The van der Waals surface area contributed by atoms with E-state index in [0.29, 0.717) is 18.3 Å². The van der Waals surface area contributed by atoms with Gasteiger partial charge in [0.15, 0.2) is 0 Å². The number of aryl methyl sites for hydroxylation is 1. The molecule has 1 saturated heterocycles. The average molecular weight is 374 g/mol. The highest BCUT2D eigenvalue weighted by atomic mass is 16.1. The lowest BCUT2D eigenvalue weighted by atomic mass is 10.0. The highest BCUT2D eigenvalue weighted by Crippen LogP contribution is 2.22. The van der Waals surface area contributed by atoms with Gasteiger partial charge >= 0.3 is 0 Å². The Morgan fingerprint density at radius 3 is 2.61 bits per heavy atom. The lowest BCUT2D eigenvalue weighted by Gasteiger charge is -2.21. The van der Waals surface area contributed by atoms with Gasteiger partial charge in [-0.2, -0.15) is 0 Å². The molecule has 4 nitrogen and oxygen atoms in total. The molecule has 0 bridgehead atoms. The Labute approximate surface area is 166 Å². The van der Waals surface area contributed by atoms with Crippen molar-refractivity contribution in [1.82, 2.24) is 14.9 Å². The Kier molecular flexibility index (Phi) is 5.40. The van der Waals surface area contributed by atoms with Crippen molar-refractivity contribution >= 4 is 0 Å². The highest BCUT2D eigenvalue weighted by Gasteiger charge is 2.20. The molecule has 0 amide bonds. The molecule has 4 rings (SSSR count). The van der Waals surface area contributed by atoms with Crippen LogP contribution in [0.2, 0.25) is 0 Å². The number of hydrogen-bond donors (Lipinski definition) is 1. The van der Waals surface area contributed by atoms with E-state index < -0.39 is 0 Å². The standard InChI is InChI=1S/C24H27N3O/c1-17-8-7-13-27(17)16-20-11-6-12-21(14-20)23-25-18(2)22(24(28)26-23)15-19-9-4-3-5-10-19/h3-6,9-12,14,17H,7-8,13,15-16H2,1-2H3,(H,25,26,28). The molecule has 144 valence electrons. The zero-order valence-corrected chi connectivity index (χ0v) is 16.6. The van der Waals surface area contributed by atoms with E-state index in [2.05, 4.69) is 35.0 Å². The molecule has 0 radical (unpaired) electrons. The maximum Gasteiger partial charge on any atom is 0.254 e. The first-order valence-corrected chi connectivity index (χ1v) is 10.1. The maximum atomic E-state index is 12.7. The molecule has 0 saturated carbocycles. The van der Waals surface area contributed by atoms with E-state index >= 15 is 0 Å². The molecule has 0 aliphatic carbocycles. The summed E-state index contributed by atoms with van der Waals surface area (Å²) in [6, 6.07) is 19.1. The Morgan fingerprint density at radius 2 is 1.89 bits per heavy atom. The van der Waals surface area contributed by atoms with Crippen molar-refractivity contribution in [2.24, 2.45) is 0 Å². The highest BCUT2D eigenvalue weighted by molar-refractivity contribution is 5.56. The van der Waals surface area contributed by atoms with Gasteiger partial charge < -0.3 is 4.98 Å². The fraction of sp³-hybridized carbons (Fsp3) is 0.333. The normalized spacial score (nSPS) is 17.1. The summed E-state index contributed by atoms with van der Waals surface area (Å²) >= 11 is 0. The molecule has 1 fully saturated rings. The fourth-order valence-corrected chi connectivity index (χ4v) is 4.03. The molecule has 1 unspecified atom stereocenters. The minimum Gasteiger partial charge on any atom is -0.306 e. The van der Waals surface area contributed by atoms with E-state index in [4.69, 9.17) is 4.98 Å². The number of aromatic nitrogens is 2. The van der Waals surface area contributed by atoms with Crippen molar-refractivity contribution in [2.45, 2.75) is 45.7 Å². The van der Waals surface area contributed by atoms with Crippen LogP contribution in [0.1, 0.15) is 42.1 Å². The third kappa shape index (κ3) is 4.07. The second kappa shape index (κ2) is 8.11. The predicted octanol–water partition coefficient (Wildman–Crippen LogP) is 4.32. The van der Waals surface area contributed by atoms with Crippen LogP contribution >= 0.6 is 0 Å². The SMILES string of the molecule is Cc1nc(-c2cccc(CN3CCCC3C)c2)[nH]c(=O)c1Cc1ccccc1. The van der Waals surface area contributed by atoms with Crippen LogP contribution in [0.3, 0.4) is 0 Å². The van der Waals surface area contributed by atoms with Crippen LogP contribution in [0.4, 0.5) is 0 Å². The summed E-state index contributed by atoms with van der Waals surface area (Å²) in [4.78, 5) is 23.0. The molecule has 1 N–H and O–H groups in total. The summed E-state index contributed by atoms with van der Waals surface area (Å²) in [5, 5.41) is 0. The molecule has 1 atom stereocenters. The van der Waals surface area contributed by atoms with Gasteiger partial charge in [-0.05, 0) is 50.4 Å². The summed E-state index contributed by atoms with van der Waals surface area (Å²) < 4.78 is 0. The largest absolute Gasteiger partial charge is 0.306 e. The summed E-state index contributed by atoms with van der Waals surface area (Å²) in [5.74, 6) is 0.649. The Morgan fingerprint density at radius 1 is 1.11 bits per heavy atom. The van der Waals surface area contributed by atoms with Crippen molar-refractivity contribution in [3.05, 3.63) is 87.3 Å². The lowest BCUT2D eigenvalue weighted by molar-refractivity contribution is 0.260. The van der Waals surface area contributed by atoms with Crippen LogP contribution in [0.5, 0.6) is 0 Å². The Balaban J connectivity index is 1.59. The number of benzene rings is 2. The third-order valence-corrected chi connectivity index (χ3v) is 5.72. The van der Waals surface area contributed by atoms with Gasteiger partial charge in [-0.15, -0.1) is 0 Å². The topological polar surface area (TPSA) is 49.0 Å². The molecule has 1 aliphatic rings. The van der Waals surface area contributed by atoms with E-state index in [1.54, 1.807) is 0 Å². The van der Waals surface area contributed by atoms with Gasteiger partial charge in [-0.3, -0.25) is 9.69 Å². The lowest BCUT2D eigenvalue weighted by Crippen LogP contribution is -2.26. The first kappa shape index (κ1) is 18.6. The van der Waals surface area contributed by atoms with Crippen LogP contribution in [0.25, 0.3) is 11.4 Å². The van der Waals surface area contributed by atoms with Gasteiger partial charge in [-0.25, -0.2) is 4.98 Å². The van der Waals surface area contributed by atoms with Crippen molar-refractivity contribution in [2.75, 3.05) is 6.54 Å². The second-order valence-corrected chi connectivity index (χ2v) is 7.80. The van der Waals surface area contributed by atoms with Gasteiger partial charge in [0, 0.05) is 35.8 Å². The summed E-state index contributed by atoms with van der Waals surface area (Å²) in [6.45, 7) is 6.33. The van der Waals surface area contributed by atoms with Crippen LogP contribution in [-0.4, -0.2) is 27.5 Å². The number of H-pyrrole nitrogens is 1. The molecular formula is C24H27N3O. The van der Waals surface area contributed by atoms with Crippen LogP contribution in [-0.2, 0) is 13.0 Å². The van der Waals surface area contributed by atoms with Crippen molar-refractivity contribution < 1.29 is 0 Å². The number of aromatic amines is 1. The van der Waals surface area contributed by atoms with Crippen molar-refractivity contribution in [1.29, 1.82) is 0 Å². The number of nitrogens with one attached hydrogen (secondary N) is 1. The zero-order chi connectivity index (χ0) is 19.5. The first-order valence-electron chi connectivity index (χ1n) is 10.1. The van der Waals surface area contributed by atoms with Gasteiger partial charge in [0.2, 0.25) is 0 Å². The molecule has 4 heteroatoms. The first-order chi connectivity index (χ1) is 13.6. The van der Waals surface area contributed by atoms with E-state index in [1.807, 2.05) is 43.3 Å². The quantitative estimate of drug-likeness (QED) is 0.725. The van der Waals surface area contributed by atoms with E-state index in [0.717, 1.165) is 35.5 Å². The van der Waals surface area contributed by atoms with E-state index in [-0.39, 0.29) is 5.56 Å². The predicted molar refractivity (Wildman–Crippen MR) is 113 cm³/mol. The molecule has 0 spiro atoms. The van der Waals surface area contributed by atoms with Crippen LogP contribution in [0.15, 0.2) is 59.4 Å². The Bertz CT molecular complexity index is 1010. The van der Waals surface area contributed by atoms with Crippen LogP contribution in [0, 0.1) is 6.92 Å². The summed E-state index contributed by atoms with van der Waals surface area (Å²) in [5.41, 5.74) is 4.83. The van der Waals surface area contributed by atoms with E-state index in [9.17, 15) is 4.79 Å². The molecule has 28 heavy (non-hydrogen) atoms. The molecule has 2 aromatic carbocycles. The molecule has 2 heterocycles. The summed E-state index contributed by atoms with van der Waals surface area (Å²) in [6.07, 6.45) is 3.15. The van der Waals surface area contributed by atoms with Crippen molar-refractivity contribution in [3.8, 4) is 11.4 Å². The molecule has 1 aromatic heterocycles.